The van der Waals surface area contributed by atoms with Crippen molar-refractivity contribution in [3.05, 3.63) is 77.0 Å². The molecule has 1 amide bonds. The van der Waals surface area contributed by atoms with E-state index in [0.717, 1.165) is 5.69 Å². The zero-order chi connectivity index (χ0) is 14.7. The van der Waals surface area contributed by atoms with E-state index in [2.05, 4.69) is 15.4 Å². The average Bonchev–Trinajstić information content (AvgIpc) is 3.02. The normalized spacial score (nSPS) is 10.3. The number of aromatic nitrogens is 3. The Hall–Kier alpha value is -3.15. The van der Waals surface area contributed by atoms with E-state index in [9.17, 15) is 9.59 Å². The predicted octanol–water partition coefficient (Wildman–Crippen LogP) is 1.81. The highest BCUT2D eigenvalue weighted by molar-refractivity contribution is 6.02. The minimum Gasteiger partial charge on any atom is -0.321 e. The Morgan fingerprint density at radius 3 is 2.57 bits per heavy atom. The molecule has 6 nitrogen and oxygen atoms in total. The number of nitrogens with one attached hydrogen (secondary N) is 2. The highest BCUT2D eigenvalue weighted by Gasteiger charge is 2.06. The fourth-order valence-corrected chi connectivity index (χ4v) is 1.90. The first-order chi connectivity index (χ1) is 10.2. The van der Waals surface area contributed by atoms with Crippen LogP contribution in [-0.2, 0) is 0 Å². The lowest BCUT2D eigenvalue weighted by Gasteiger charge is -2.06. The number of carbonyl (C=O) groups is 1. The maximum Gasteiger partial charge on any atom is 0.272 e. The van der Waals surface area contributed by atoms with E-state index < -0.39 is 0 Å². The highest BCUT2D eigenvalue weighted by atomic mass is 16.2. The Balaban J connectivity index is 1.76. The fourth-order valence-electron chi connectivity index (χ4n) is 1.90. The summed E-state index contributed by atoms with van der Waals surface area (Å²) in [7, 11) is 0. The molecule has 6 heteroatoms. The van der Waals surface area contributed by atoms with Crippen molar-refractivity contribution in [3.63, 3.8) is 0 Å². The van der Waals surface area contributed by atoms with Crippen LogP contribution >= 0.6 is 0 Å². The van der Waals surface area contributed by atoms with Crippen molar-refractivity contribution in [3.8, 4) is 5.69 Å². The van der Waals surface area contributed by atoms with E-state index >= 15 is 0 Å². The molecule has 104 valence electrons. The molecule has 0 aliphatic rings. The third-order valence-electron chi connectivity index (χ3n) is 2.91. The number of H-pyrrole nitrogens is 1. The second kappa shape index (κ2) is 5.46. The summed E-state index contributed by atoms with van der Waals surface area (Å²) >= 11 is 0. The van der Waals surface area contributed by atoms with Crippen LogP contribution in [0.1, 0.15) is 10.5 Å². The summed E-state index contributed by atoms with van der Waals surface area (Å²) in [6.07, 6.45) is 3.53. The maximum atomic E-state index is 12.0. The van der Waals surface area contributed by atoms with Crippen LogP contribution < -0.4 is 10.9 Å². The Labute approximate surface area is 120 Å². The van der Waals surface area contributed by atoms with Crippen LogP contribution in [0.4, 0.5) is 5.69 Å². The molecule has 21 heavy (non-hydrogen) atoms. The van der Waals surface area contributed by atoms with Gasteiger partial charge in [0.2, 0.25) is 5.56 Å². The van der Waals surface area contributed by atoms with Gasteiger partial charge in [0.1, 0.15) is 5.69 Å². The summed E-state index contributed by atoms with van der Waals surface area (Å²) in [4.78, 5) is 25.6. The number of benzene rings is 1. The van der Waals surface area contributed by atoms with Crippen molar-refractivity contribution < 1.29 is 4.79 Å². The zero-order valence-electron chi connectivity index (χ0n) is 11.0. The van der Waals surface area contributed by atoms with Crippen LogP contribution in [0.2, 0.25) is 0 Å². The molecule has 1 aromatic carbocycles. The number of hydrogen-bond acceptors (Lipinski definition) is 3. The Morgan fingerprint density at radius 1 is 1.10 bits per heavy atom. The molecule has 3 rings (SSSR count). The number of rotatable bonds is 3. The topological polar surface area (TPSA) is 79.8 Å². The van der Waals surface area contributed by atoms with Crippen molar-refractivity contribution in [2.45, 2.75) is 0 Å². The largest absolute Gasteiger partial charge is 0.321 e. The molecule has 0 aliphatic carbocycles. The quantitative estimate of drug-likeness (QED) is 0.768. The van der Waals surface area contributed by atoms with E-state index in [1.54, 1.807) is 29.1 Å². The van der Waals surface area contributed by atoms with Crippen LogP contribution in [0.5, 0.6) is 0 Å². The van der Waals surface area contributed by atoms with E-state index in [4.69, 9.17) is 0 Å². The molecule has 0 saturated heterocycles. The highest BCUT2D eigenvalue weighted by Crippen LogP contribution is 2.13. The Morgan fingerprint density at radius 2 is 1.90 bits per heavy atom. The molecule has 2 aromatic heterocycles. The fraction of sp³-hybridized carbons (Fsp3) is 0. The van der Waals surface area contributed by atoms with Crippen LogP contribution in [0.15, 0.2) is 65.7 Å². The standard InChI is InChI=1S/C15H12N4O2/c20-14-4-1-3-13(18-14)15(21)17-11-5-7-12(8-6-11)19-10-2-9-16-19/h1-10H,(H,17,21)(H,18,20). The molecule has 0 bridgehead atoms. The molecule has 0 aliphatic heterocycles. The molecule has 3 aromatic rings. The summed E-state index contributed by atoms with van der Waals surface area (Å²) in [6.45, 7) is 0. The van der Waals surface area contributed by atoms with Crippen LogP contribution in [-0.4, -0.2) is 20.7 Å². The van der Waals surface area contributed by atoms with Gasteiger partial charge in [0.15, 0.2) is 0 Å². The lowest BCUT2D eigenvalue weighted by atomic mass is 10.2. The summed E-state index contributed by atoms with van der Waals surface area (Å²) in [5.74, 6) is -0.362. The van der Waals surface area contributed by atoms with E-state index in [1.165, 1.54) is 12.1 Å². The van der Waals surface area contributed by atoms with Gasteiger partial charge in [-0.2, -0.15) is 5.10 Å². The zero-order valence-corrected chi connectivity index (χ0v) is 11.0. The monoisotopic (exact) mass is 280 g/mol. The first-order valence-electron chi connectivity index (χ1n) is 6.33. The van der Waals surface area contributed by atoms with Gasteiger partial charge in [-0.05, 0) is 36.4 Å². The molecular weight excluding hydrogens is 268 g/mol. The number of hydrogen-bond donors (Lipinski definition) is 2. The number of pyridine rings is 1. The first-order valence-corrected chi connectivity index (χ1v) is 6.33. The van der Waals surface area contributed by atoms with E-state index in [-0.39, 0.29) is 17.2 Å². The van der Waals surface area contributed by atoms with Crippen LogP contribution in [0.3, 0.4) is 0 Å². The van der Waals surface area contributed by atoms with Gasteiger partial charge < -0.3 is 10.3 Å². The third kappa shape index (κ3) is 2.89. The second-order valence-electron chi connectivity index (χ2n) is 4.38. The minimum absolute atomic E-state index is 0.221. The number of anilines is 1. The molecule has 0 radical (unpaired) electrons. The van der Waals surface area contributed by atoms with Gasteiger partial charge in [0.05, 0.1) is 5.69 Å². The maximum absolute atomic E-state index is 12.0. The van der Waals surface area contributed by atoms with Gasteiger partial charge in [-0.15, -0.1) is 0 Å². The summed E-state index contributed by atoms with van der Waals surface area (Å²) in [5, 5.41) is 6.84. The van der Waals surface area contributed by atoms with Crippen molar-refractivity contribution in [1.82, 2.24) is 14.8 Å². The summed E-state index contributed by atoms with van der Waals surface area (Å²) < 4.78 is 1.72. The van der Waals surface area contributed by atoms with Crippen molar-refractivity contribution >= 4 is 11.6 Å². The SMILES string of the molecule is O=C(Nc1ccc(-n2cccn2)cc1)c1cccc(=O)[nH]1. The molecule has 0 unspecified atom stereocenters. The molecule has 0 saturated carbocycles. The average molecular weight is 280 g/mol. The molecule has 2 heterocycles. The van der Waals surface area contributed by atoms with E-state index in [1.807, 2.05) is 24.4 Å². The summed E-state index contributed by atoms with van der Waals surface area (Å²) in [5.41, 5.74) is 1.45. The predicted molar refractivity (Wildman–Crippen MR) is 78.6 cm³/mol. The smallest absolute Gasteiger partial charge is 0.272 e. The molecule has 2 N–H and O–H groups in total. The molecule has 0 fully saturated rings. The van der Waals surface area contributed by atoms with Gasteiger partial charge >= 0.3 is 0 Å². The van der Waals surface area contributed by atoms with Gasteiger partial charge in [0.25, 0.3) is 5.91 Å². The molecule has 0 spiro atoms. The van der Waals surface area contributed by atoms with Crippen LogP contribution in [0.25, 0.3) is 5.69 Å². The van der Waals surface area contributed by atoms with E-state index in [0.29, 0.717) is 5.69 Å². The molecular formula is C15H12N4O2. The van der Waals surface area contributed by atoms with Gasteiger partial charge in [0, 0.05) is 24.1 Å². The van der Waals surface area contributed by atoms with Gasteiger partial charge in [-0.1, -0.05) is 6.07 Å². The number of amides is 1. The van der Waals surface area contributed by atoms with Crippen molar-refractivity contribution in [2.24, 2.45) is 0 Å². The Kier molecular flexibility index (Phi) is 3.34. The second-order valence-corrected chi connectivity index (χ2v) is 4.38. The van der Waals surface area contributed by atoms with Crippen LogP contribution in [0, 0.1) is 0 Å². The summed E-state index contributed by atoms with van der Waals surface area (Å²) in [6, 6.07) is 13.5. The molecule has 0 atom stereocenters. The lowest BCUT2D eigenvalue weighted by Crippen LogP contribution is -2.17. The van der Waals surface area contributed by atoms with Crippen molar-refractivity contribution in [1.29, 1.82) is 0 Å². The first kappa shape index (κ1) is 12.9. The lowest BCUT2D eigenvalue weighted by molar-refractivity contribution is 0.102. The third-order valence-corrected chi connectivity index (χ3v) is 2.91. The number of nitrogens with zero attached hydrogens (tertiary/aromatic N) is 2. The number of aromatic amines is 1. The van der Waals surface area contributed by atoms with Gasteiger partial charge in [-0.25, -0.2) is 4.68 Å². The minimum atomic E-state index is -0.362. The number of carbonyl (C=O) groups excluding carboxylic acids is 1. The van der Waals surface area contributed by atoms with Gasteiger partial charge in [-0.3, -0.25) is 9.59 Å². The Bertz CT molecular complexity index is 804. The van der Waals surface area contributed by atoms with Crippen molar-refractivity contribution in [2.75, 3.05) is 5.32 Å².